The van der Waals surface area contributed by atoms with Crippen LogP contribution in [0.1, 0.15) is 42.9 Å². The zero-order valence-electron chi connectivity index (χ0n) is 10.3. The van der Waals surface area contributed by atoms with E-state index in [9.17, 15) is 4.79 Å². The van der Waals surface area contributed by atoms with Crippen LogP contribution in [0.2, 0.25) is 0 Å². The number of rotatable bonds is 7. The highest BCUT2D eigenvalue weighted by molar-refractivity contribution is 5.85. The number of hydrogen-bond donors (Lipinski definition) is 1. The lowest BCUT2D eigenvalue weighted by Crippen LogP contribution is -2.08. The van der Waals surface area contributed by atoms with Crippen molar-refractivity contribution in [3.8, 4) is 0 Å². The largest absolute Gasteiger partial charge is 0.477 e. The van der Waals surface area contributed by atoms with Gasteiger partial charge in [-0.3, -0.25) is 0 Å². The second kappa shape index (κ2) is 7.01. The summed E-state index contributed by atoms with van der Waals surface area (Å²) in [5.41, 5.74) is 0.723. The van der Waals surface area contributed by atoms with E-state index in [-0.39, 0.29) is 5.69 Å². The van der Waals surface area contributed by atoms with Gasteiger partial charge in [0.15, 0.2) is 0 Å². The van der Waals surface area contributed by atoms with Crippen LogP contribution in [0.3, 0.4) is 0 Å². The third-order valence-electron chi connectivity index (χ3n) is 2.46. The minimum absolute atomic E-state index is 0.0627. The van der Waals surface area contributed by atoms with Crippen LogP contribution in [0.25, 0.3) is 0 Å². The quantitative estimate of drug-likeness (QED) is 0.792. The molecular formula is C13H19NO3. The number of hydrogen-bond acceptors (Lipinski definition) is 3. The number of carbonyl (C=O) groups is 1. The van der Waals surface area contributed by atoms with Crippen molar-refractivity contribution in [2.45, 2.75) is 33.3 Å². The molecule has 0 aliphatic heterocycles. The molecule has 0 aromatic carbocycles. The minimum atomic E-state index is -1.01. The van der Waals surface area contributed by atoms with Gasteiger partial charge in [0, 0.05) is 6.61 Å². The van der Waals surface area contributed by atoms with Gasteiger partial charge in [0.25, 0.3) is 0 Å². The molecule has 0 aliphatic carbocycles. The van der Waals surface area contributed by atoms with Crippen molar-refractivity contribution in [1.29, 1.82) is 0 Å². The van der Waals surface area contributed by atoms with Crippen LogP contribution in [-0.4, -0.2) is 22.7 Å². The van der Waals surface area contributed by atoms with Gasteiger partial charge in [-0.25, -0.2) is 9.78 Å². The third kappa shape index (κ3) is 4.95. The summed E-state index contributed by atoms with van der Waals surface area (Å²) in [6.45, 7) is 5.35. The Hall–Kier alpha value is -1.42. The van der Waals surface area contributed by atoms with Crippen LogP contribution in [0.15, 0.2) is 18.2 Å². The molecule has 1 aromatic rings. The van der Waals surface area contributed by atoms with E-state index in [0.717, 1.165) is 12.8 Å². The smallest absolute Gasteiger partial charge is 0.354 e. The van der Waals surface area contributed by atoms with Gasteiger partial charge < -0.3 is 9.84 Å². The first-order valence-corrected chi connectivity index (χ1v) is 5.90. The second-order valence-corrected chi connectivity index (χ2v) is 4.23. The lowest BCUT2D eigenvalue weighted by Gasteiger charge is -2.10. The van der Waals surface area contributed by atoms with E-state index in [0.29, 0.717) is 24.8 Å². The van der Waals surface area contributed by atoms with Gasteiger partial charge in [0.1, 0.15) is 5.69 Å². The Morgan fingerprint density at radius 1 is 1.53 bits per heavy atom. The average Bonchev–Trinajstić information content (AvgIpc) is 2.30. The van der Waals surface area contributed by atoms with Crippen molar-refractivity contribution >= 4 is 5.97 Å². The predicted molar refractivity (Wildman–Crippen MR) is 64.9 cm³/mol. The van der Waals surface area contributed by atoms with E-state index >= 15 is 0 Å². The highest BCUT2D eigenvalue weighted by atomic mass is 16.5. The summed E-state index contributed by atoms with van der Waals surface area (Å²) < 4.78 is 5.51. The number of aromatic nitrogens is 1. The topological polar surface area (TPSA) is 59.4 Å². The average molecular weight is 237 g/mol. The van der Waals surface area contributed by atoms with Crippen molar-refractivity contribution in [2.24, 2.45) is 5.92 Å². The maximum atomic E-state index is 10.7. The van der Waals surface area contributed by atoms with Gasteiger partial charge in [0.05, 0.1) is 12.3 Å². The summed E-state index contributed by atoms with van der Waals surface area (Å²) in [5, 5.41) is 8.79. The number of nitrogens with zero attached hydrogens (tertiary/aromatic N) is 1. The predicted octanol–water partition coefficient (Wildman–Crippen LogP) is 2.73. The Labute approximate surface area is 102 Å². The van der Waals surface area contributed by atoms with Crippen LogP contribution in [0, 0.1) is 5.92 Å². The molecule has 1 atom stereocenters. The molecule has 4 nitrogen and oxygen atoms in total. The zero-order chi connectivity index (χ0) is 12.7. The Kier molecular flexibility index (Phi) is 5.63. The first-order chi connectivity index (χ1) is 8.13. The molecule has 0 saturated heterocycles. The van der Waals surface area contributed by atoms with E-state index in [4.69, 9.17) is 9.84 Å². The van der Waals surface area contributed by atoms with Gasteiger partial charge in [-0.15, -0.1) is 0 Å². The monoisotopic (exact) mass is 237 g/mol. The van der Waals surface area contributed by atoms with Gasteiger partial charge >= 0.3 is 5.97 Å². The SMILES string of the molecule is CCCC(C)COCc1cccc(C(=O)O)n1. The fourth-order valence-corrected chi connectivity index (χ4v) is 1.62. The highest BCUT2D eigenvalue weighted by Crippen LogP contribution is 2.07. The summed E-state index contributed by atoms with van der Waals surface area (Å²) >= 11 is 0. The van der Waals surface area contributed by atoms with Gasteiger partial charge in [-0.1, -0.05) is 26.3 Å². The van der Waals surface area contributed by atoms with Crippen LogP contribution >= 0.6 is 0 Å². The van der Waals surface area contributed by atoms with Crippen LogP contribution in [-0.2, 0) is 11.3 Å². The number of ether oxygens (including phenoxy) is 1. The van der Waals surface area contributed by atoms with Crippen molar-refractivity contribution < 1.29 is 14.6 Å². The number of carboxylic acid groups (broad SMARTS) is 1. The Bertz CT molecular complexity index is 365. The summed E-state index contributed by atoms with van der Waals surface area (Å²) in [6.07, 6.45) is 2.29. The molecule has 4 heteroatoms. The molecule has 1 unspecified atom stereocenters. The molecule has 1 N–H and O–H groups in total. The van der Waals surface area contributed by atoms with E-state index < -0.39 is 5.97 Å². The van der Waals surface area contributed by atoms with Crippen LogP contribution < -0.4 is 0 Å². The van der Waals surface area contributed by atoms with E-state index in [2.05, 4.69) is 18.8 Å². The molecule has 1 rings (SSSR count). The van der Waals surface area contributed by atoms with E-state index in [1.807, 2.05) is 0 Å². The third-order valence-corrected chi connectivity index (χ3v) is 2.46. The van der Waals surface area contributed by atoms with Crippen LogP contribution in [0.4, 0.5) is 0 Å². The highest BCUT2D eigenvalue weighted by Gasteiger charge is 2.06. The molecule has 17 heavy (non-hydrogen) atoms. The molecule has 1 heterocycles. The van der Waals surface area contributed by atoms with Crippen molar-refractivity contribution in [3.63, 3.8) is 0 Å². The van der Waals surface area contributed by atoms with Crippen LogP contribution in [0.5, 0.6) is 0 Å². The molecule has 0 bridgehead atoms. The molecule has 0 radical (unpaired) electrons. The number of aromatic carboxylic acids is 1. The summed E-state index contributed by atoms with van der Waals surface area (Å²) in [6, 6.07) is 4.94. The summed E-state index contributed by atoms with van der Waals surface area (Å²) in [4.78, 5) is 14.7. The normalized spacial score (nSPS) is 12.4. The maximum absolute atomic E-state index is 10.7. The maximum Gasteiger partial charge on any atom is 0.354 e. The molecular weight excluding hydrogens is 218 g/mol. The lowest BCUT2D eigenvalue weighted by molar-refractivity contribution is 0.0686. The number of carboxylic acids is 1. The van der Waals surface area contributed by atoms with Gasteiger partial charge in [-0.2, -0.15) is 0 Å². The minimum Gasteiger partial charge on any atom is -0.477 e. The first kappa shape index (κ1) is 13.6. The molecule has 94 valence electrons. The van der Waals surface area contributed by atoms with Crippen molar-refractivity contribution in [2.75, 3.05) is 6.61 Å². The number of pyridine rings is 1. The molecule has 0 fully saturated rings. The summed E-state index contributed by atoms with van der Waals surface area (Å²) in [5.74, 6) is -0.478. The van der Waals surface area contributed by atoms with Gasteiger partial charge in [0.2, 0.25) is 0 Å². The Morgan fingerprint density at radius 3 is 2.94 bits per heavy atom. The Balaban J connectivity index is 2.41. The molecule has 0 saturated carbocycles. The van der Waals surface area contributed by atoms with Crippen molar-refractivity contribution in [3.05, 3.63) is 29.6 Å². The summed E-state index contributed by atoms with van der Waals surface area (Å²) in [7, 11) is 0. The second-order valence-electron chi connectivity index (χ2n) is 4.23. The standard InChI is InChI=1S/C13H19NO3/c1-3-5-10(2)8-17-9-11-6-4-7-12(14-11)13(15)16/h4,6-7,10H,3,5,8-9H2,1-2H3,(H,15,16). The molecule has 0 spiro atoms. The van der Waals surface area contributed by atoms with Crippen molar-refractivity contribution in [1.82, 2.24) is 4.98 Å². The molecule has 0 amide bonds. The fraction of sp³-hybridized carbons (Fsp3) is 0.538. The molecule has 1 aromatic heterocycles. The zero-order valence-corrected chi connectivity index (χ0v) is 10.3. The Morgan fingerprint density at radius 2 is 2.29 bits per heavy atom. The van der Waals surface area contributed by atoms with E-state index in [1.54, 1.807) is 12.1 Å². The fourth-order valence-electron chi connectivity index (χ4n) is 1.62. The lowest BCUT2D eigenvalue weighted by atomic mass is 10.1. The van der Waals surface area contributed by atoms with E-state index in [1.165, 1.54) is 6.07 Å². The molecule has 0 aliphatic rings. The van der Waals surface area contributed by atoms with Gasteiger partial charge in [-0.05, 0) is 24.5 Å². The first-order valence-electron chi connectivity index (χ1n) is 5.90.